The molecule has 14 rings (SSSR count). The van der Waals surface area contributed by atoms with Crippen molar-refractivity contribution in [1.82, 2.24) is 4.57 Å². The van der Waals surface area contributed by atoms with Gasteiger partial charge in [0.25, 0.3) is 0 Å². The van der Waals surface area contributed by atoms with E-state index in [9.17, 15) is 0 Å². The zero-order valence-corrected chi connectivity index (χ0v) is 40.7. The highest BCUT2D eigenvalue weighted by Crippen LogP contribution is 2.43. The summed E-state index contributed by atoms with van der Waals surface area (Å²) in [4.78, 5) is 2.38. The molecule has 0 N–H and O–H groups in total. The van der Waals surface area contributed by atoms with Crippen LogP contribution in [0.4, 0.5) is 17.1 Å². The van der Waals surface area contributed by atoms with Crippen molar-refractivity contribution in [3.05, 3.63) is 279 Å². The van der Waals surface area contributed by atoms with Gasteiger partial charge in [-0.3, -0.25) is 0 Å². The van der Waals surface area contributed by atoms with E-state index in [-0.39, 0.29) is 0 Å². The Kier molecular flexibility index (Phi) is 10.4. The molecule has 14 aromatic rings. The minimum absolute atomic E-state index is 1.08. The van der Waals surface area contributed by atoms with Crippen molar-refractivity contribution >= 4 is 81.1 Å². The molecular weight excluding hydrogens is 901 g/mol. The Balaban J connectivity index is 0.861. The van der Waals surface area contributed by atoms with Crippen LogP contribution in [0.25, 0.3) is 114 Å². The molecule has 2 heterocycles. The Morgan fingerprint density at radius 3 is 1.40 bits per heavy atom. The second-order valence-corrected chi connectivity index (χ2v) is 19.9. The third-order valence-corrected chi connectivity index (χ3v) is 15.8. The topological polar surface area (TPSA) is 8.17 Å². The molecule has 0 bridgehead atoms. The summed E-state index contributed by atoms with van der Waals surface area (Å²) in [7, 11) is 0. The SMILES string of the molecule is c1ccc(-c2ccccc2-c2ccccc2-c2ccc(N(c3ccc(-c4ccc5sc6ccccc6c5c4)cc3)c3ccc(-c4ccc5c6ccc7ccccc7c6n(-c6ccccc6)c5c4)cc3)cc2)cc1. The van der Waals surface area contributed by atoms with Crippen LogP contribution in [0.15, 0.2) is 279 Å². The predicted molar refractivity (Wildman–Crippen MR) is 313 cm³/mol. The van der Waals surface area contributed by atoms with Gasteiger partial charge < -0.3 is 9.47 Å². The lowest BCUT2D eigenvalue weighted by Gasteiger charge is -2.26. The van der Waals surface area contributed by atoms with Crippen LogP contribution in [0, 0.1) is 0 Å². The number of fused-ring (bicyclic) bond motifs is 8. The number of rotatable bonds is 9. The average Bonchev–Trinajstić information content (AvgIpc) is 4.02. The second kappa shape index (κ2) is 17.8. The molecule has 0 aliphatic heterocycles. The number of thiophene rings is 1. The normalized spacial score (nSPS) is 11.6. The Labute approximate surface area is 428 Å². The van der Waals surface area contributed by atoms with Gasteiger partial charge in [0.05, 0.1) is 11.0 Å². The molecule has 12 aromatic carbocycles. The number of hydrogen-bond acceptors (Lipinski definition) is 2. The van der Waals surface area contributed by atoms with Crippen LogP contribution in [0.1, 0.15) is 0 Å². The Morgan fingerprint density at radius 2 is 0.740 bits per heavy atom. The first kappa shape index (κ1) is 42.6. The molecular formula is C70H46N2S. The second-order valence-electron chi connectivity index (χ2n) is 18.8. The molecule has 0 aliphatic rings. The predicted octanol–water partition coefficient (Wildman–Crippen LogP) is 20.1. The summed E-state index contributed by atoms with van der Waals surface area (Å²) in [6.07, 6.45) is 0. The maximum atomic E-state index is 2.45. The lowest BCUT2D eigenvalue weighted by Crippen LogP contribution is -2.09. The van der Waals surface area contributed by atoms with Crippen LogP contribution in [0.2, 0.25) is 0 Å². The standard InChI is InChI=1S/C70H46N2S/c1-3-15-49(16-4-1)58-20-9-11-23-61(58)62-24-12-10-21-59(62)51-31-40-57(41-32-51)71(55-36-27-47(28-37-55)52-35-44-69-66(45-52)64-25-13-14-26-68(64)73-69)56-38-29-48(30-39-56)53-34-42-63-65-43-33-50-17-7-8-22-60(50)70(65)72(67(63)46-53)54-18-5-2-6-19-54/h1-46H. The van der Waals surface area contributed by atoms with Crippen molar-refractivity contribution in [2.24, 2.45) is 0 Å². The molecule has 0 amide bonds. The largest absolute Gasteiger partial charge is 0.311 e. The van der Waals surface area contributed by atoms with Crippen molar-refractivity contribution in [3.8, 4) is 61.3 Å². The molecule has 2 aromatic heterocycles. The van der Waals surface area contributed by atoms with E-state index < -0.39 is 0 Å². The summed E-state index contributed by atoms with van der Waals surface area (Å²) < 4.78 is 5.08. The van der Waals surface area contributed by atoms with Crippen molar-refractivity contribution in [3.63, 3.8) is 0 Å². The summed E-state index contributed by atoms with van der Waals surface area (Å²) >= 11 is 1.86. The van der Waals surface area contributed by atoms with Crippen molar-refractivity contribution < 1.29 is 0 Å². The van der Waals surface area contributed by atoms with E-state index in [1.54, 1.807) is 0 Å². The average molecular weight is 947 g/mol. The highest BCUT2D eigenvalue weighted by atomic mass is 32.1. The molecule has 0 unspecified atom stereocenters. The number of aromatic nitrogens is 1. The molecule has 2 nitrogen and oxygen atoms in total. The summed E-state index contributed by atoms with van der Waals surface area (Å²) in [6.45, 7) is 0. The summed E-state index contributed by atoms with van der Waals surface area (Å²) in [5.74, 6) is 0. The van der Waals surface area contributed by atoms with Crippen LogP contribution in [-0.4, -0.2) is 4.57 Å². The van der Waals surface area contributed by atoms with Crippen molar-refractivity contribution in [2.45, 2.75) is 0 Å². The fraction of sp³-hybridized carbons (Fsp3) is 0. The van der Waals surface area contributed by atoms with Gasteiger partial charge in [0.1, 0.15) is 0 Å². The molecule has 0 aliphatic carbocycles. The minimum Gasteiger partial charge on any atom is -0.311 e. The lowest BCUT2D eigenvalue weighted by molar-refractivity contribution is 1.19. The van der Waals surface area contributed by atoms with E-state index in [1.165, 1.54) is 103 Å². The maximum Gasteiger partial charge on any atom is 0.0619 e. The van der Waals surface area contributed by atoms with Gasteiger partial charge in [-0.25, -0.2) is 0 Å². The Bertz CT molecular complexity index is 4340. The third-order valence-electron chi connectivity index (χ3n) is 14.6. The van der Waals surface area contributed by atoms with Gasteiger partial charge in [-0.2, -0.15) is 0 Å². The maximum absolute atomic E-state index is 2.45. The highest BCUT2D eigenvalue weighted by Gasteiger charge is 2.19. The van der Waals surface area contributed by atoms with E-state index in [0.717, 1.165) is 28.3 Å². The number of hydrogen-bond donors (Lipinski definition) is 0. The van der Waals surface area contributed by atoms with Crippen LogP contribution >= 0.6 is 11.3 Å². The van der Waals surface area contributed by atoms with Crippen LogP contribution in [-0.2, 0) is 0 Å². The van der Waals surface area contributed by atoms with Gasteiger partial charge in [-0.1, -0.05) is 206 Å². The highest BCUT2D eigenvalue weighted by molar-refractivity contribution is 7.25. The number of benzene rings is 12. The van der Waals surface area contributed by atoms with Crippen LogP contribution in [0.5, 0.6) is 0 Å². The molecule has 0 atom stereocenters. The number of nitrogens with zero attached hydrogens (tertiary/aromatic N) is 2. The molecule has 0 saturated carbocycles. The van der Waals surface area contributed by atoms with E-state index in [4.69, 9.17) is 0 Å². The van der Waals surface area contributed by atoms with Gasteiger partial charge >= 0.3 is 0 Å². The molecule has 73 heavy (non-hydrogen) atoms. The van der Waals surface area contributed by atoms with E-state index >= 15 is 0 Å². The zero-order valence-electron chi connectivity index (χ0n) is 39.9. The third kappa shape index (κ3) is 7.49. The zero-order chi connectivity index (χ0) is 48.2. The van der Waals surface area contributed by atoms with Gasteiger partial charge in [-0.05, 0) is 134 Å². The smallest absolute Gasteiger partial charge is 0.0619 e. The number of anilines is 3. The van der Waals surface area contributed by atoms with Gasteiger partial charge in [0, 0.05) is 59.1 Å². The van der Waals surface area contributed by atoms with Gasteiger partial charge in [0.15, 0.2) is 0 Å². The first-order chi connectivity index (χ1) is 36.2. The number of para-hydroxylation sites is 1. The van der Waals surface area contributed by atoms with Gasteiger partial charge in [0.2, 0.25) is 0 Å². The first-order valence-corrected chi connectivity index (χ1v) is 25.8. The quantitative estimate of drug-likeness (QED) is 0.140. The van der Waals surface area contributed by atoms with E-state index in [2.05, 4.69) is 289 Å². The molecule has 3 heteroatoms. The van der Waals surface area contributed by atoms with Crippen molar-refractivity contribution in [1.29, 1.82) is 0 Å². The molecule has 0 saturated heterocycles. The molecule has 0 radical (unpaired) electrons. The van der Waals surface area contributed by atoms with E-state index in [1.807, 2.05) is 11.3 Å². The summed E-state index contributed by atoms with van der Waals surface area (Å²) in [5, 5.41) is 7.62. The summed E-state index contributed by atoms with van der Waals surface area (Å²) in [5.41, 5.74) is 18.8. The first-order valence-electron chi connectivity index (χ1n) is 25.0. The van der Waals surface area contributed by atoms with Crippen molar-refractivity contribution in [2.75, 3.05) is 4.90 Å². The van der Waals surface area contributed by atoms with Gasteiger partial charge in [-0.15, -0.1) is 11.3 Å². The monoisotopic (exact) mass is 946 g/mol. The molecule has 342 valence electrons. The fourth-order valence-corrected chi connectivity index (χ4v) is 12.2. The fourth-order valence-electron chi connectivity index (χ4n) is 11.1. The molecule has 0 fully saturated rings. The summed E-state index contributed by atoms with van der Waals surface area (Å²) in [6, 6.07) is 102. The van der Waals surface area contributed by atoms with E-state index in [0.29, 0.717) is 0 Å². The van der Waals surface area contributed by atoms with Crippen LogP contribution in [0.3, 0.4) is 0 Å². The Hall–Kier alpha value is -9.28. The Morgan fingerprint density at radius 1 is 0.274 bits per heavy atom. The lowest BCUT2D eigenvalue weighted by atomic mass is 9.89. The minimum atomic E-state index is 1.08. The van der Waals surface area contributed by atoms with Crippen LogP contribution < -0.4 is 4.90 Å². The molecule has 0 spiro atoms.